The first-order valence-corrected chi connectivity index (χ1v) is 7.21. The van der Waals surface area contributed by atoms with Crippen LogP contribution >= 0.6 is 0 Å². The second kappa shape index (κ2) is 8.25. The van der Waals surface area contributed by atoms with Gasteiger partial charge in [0.2, 0.25) is 5.44 Å². The SMILES string of the molecule is C=CC(=O)OC(CCCCCCC)S(=O)(=O)O. The molecule has 0 aliphatic rings. The van der Waals surface area contributed by atoms with Gasteiger partial charge in [-0.05, 0) is 6.42 Å². The largest absolute Gasteiger partial charge is 0.440 e. The number of hydrogen-bond acceptors (Lipinski definition) is 4. The molecular formula is C11H20O5S. The van der Waals surface area contributed by atoms with Crippen molar-refractivity contribution in [3.63, 3.8) is 0 Å². The molecule has 17 heavy (non-hydrogen) atoms. The fraction of sp³-hybridized carbons (Fsp3) is 0.727. The van der Waals surface area contributed by atoms with Crippen molar-refractivity contribution in [2.45, 2.75) is 50.9 Å². The maximum Gasteiger partial charge on any atom is 0.331 e. The lowest BCUT2D eigenvalue weighted by atomic mass is 10.1. The van der Waals surface area contributed by atoms with Crippen molar-refractivity contribution in [1.29, 1.82) is 0 Å². The molecule has 1 unspecified atom stereocenters. The zero-order valence-corrected chi connectivity index (χ0v) is 10.9. The minimum atomic E-state index is -4.35. The first-order valence-electron chi connectivity index (χ1n) is 5.71. The molecular weight excluding hydrogens is 244 g/mol. The van der Waals surface area contributed by atoms with Gasteiger partial charge in [0.1, 0.15) is 0 Å². The van der Waals surface area contributed by atoms with Crippen molar-refractivity contribution >= 4 is 16.1 Å². The highest BCUT2D eigenvalue weighted by molar-refractivity contribution is 7.86. The Bertz CT molecular complexity index is 334. The number of carbonyl (C=O) groups excluding carboxylic acids is 1. The van der Waals surface area contributed by atoms with Gasteiger partial charge in [-0.15, -0.1) is 0 Å². The molecule has 0 amide bonds. The maximum atomic E-state index is 10.9. The van der Waals surface area contributed by atoms with Crippen molar-refractivity contribution in [2.24, 2.45) is 0 Å². The Labute approximate surface area is 103 Å². The normalized spacial score (nSPS) is 13.1. The quantitative estimate of drug-likeness (QED) is 0.299. The monoisotopic (exact) mass is 264 g/mol. The summed E-state index contributed by atoms with van der Waals surface area (Å²) in [5.74, 6) is -0.846. The van der Waals surface area contributed by atoms with Crippen LogP contribution in [-0.2, 0) is 19.6 Å². The van der Waals surface area contributed by atoms with Gasteiger partial charge in [0.05, 0.1) is 0 Å². The van der Waals surface area contributed by atoms with Crippen LogP contribution in [0.1, 0.15) is 45.4 Å². The standard InChI is InChI=1S/C11H20O5S/c1-3-5-6-7-8-9-11(17(13,14)15)16-10(12)4-2/h4,11H,2-3,5-9H2,1H3,(H,13,14,15). The van der Waals surface area contributed by atoms with Crippen LogP contribution in [0.15, 0.2) is 12.7 Å². The van der Waals surface area contributed by atoms with Crippen molar-refractivity contribution < 1.29 is 22.5 Å². The smallest absolute Gasteiger partial charge is 0.331 e. The van der Waals surface area contributed by atoms with E-state index < -0.39 is 21.5 Å². The molecule has 0 heterocycles. The summed E-state index contributed by atoms with van der Waals surface area (Å²) in [5.41, 5.74) is -1.48. The Morgan fingerprint density at radius 2 is 1.94 bits per heavy atom. The van der Waals surface area contributed by atoms with E-state index in [1.165, 1.54) is 0 Å². The minimum Gasteiger partial charge on any atom is -0.440 e. The lowest BCUT2D eigenvalue weighted by Crippen LogP contribution is -2.26. The van der Waals surface area contributed by atoms with Crippen LogP contribution in [-0.4, -0.2) is 24.4 Å². The molecule has 0 aliphatic heterocycles. The molecule has 1 atom stereocenters. The van der Waals surface area contributed by atoms with Crippen LogP contribution in [0.25, 0.3) is 0 Å². The lowest BCUT2D eigenvalue weighted by molar-refractivity contribution is -0.140. The molecule has 1 N–H and O–H groups in total. The van der Waals surface area contributed by atoms with E-state index in [4.69, 9.17) is 4.55 Å². The Morgan fingerprint density at radius 1 is 1.35 bits per heavy atom. The molecule has 5 nitrogen and oxygen atoms in total. The summed E-state index contributed by atoms with van der Waals surface area (Å²) in [6.07, 6.45) is 5.61. The Balaban J connectivity index is 4.13. The third-order valence-electron chi connectivity index (χ3n) is 2.29. The Kier molecular flexibility index (Phi) is 7.82. The van der Waals surface area contributed by atoms with E-state index in [0.717, 1.165) is 31.8 Å². The van der Waals surface area contributed by atoms with Crippen molar-refractivity contribution in [3.05, 3.63) is 12.7 Å². The predicted octanol–water partition coefficient (Wildman–Crippen LogP) is 2.29. The van der Waals surface area contributed by atoms with E-state index in [0.29, 0.717) is 6.42 Å². The second-order valence-corrected chi connectivity index (χ2v) is 5.34. The van der Waals surface area contributed by atoms with Gasteiger partial charge in [0, 0.05) is 12.5 Å². The topological polar surface area (TPSA) is 80.7 Å². The Hall–Kier alpha value is -0.880. The molecule has 0 saturated heterocycles. The van der Waals surface area contributed by atoms with Crippen LogP contribution < -0.4 is 0 Å². The molecule has 0 radical (unpaired) electrons. The van der Waals surface area contributed by atoms with Gasteiger partial charge < -0.3 is 4.74 Å². The second-order valence-electron chi connectivity index (χ2n) is 3.79. The van der Waals surface area contributed by atoms with Crippen molar-refractivity contribution in [3.8, 4) is 0 Å². The number of unbranched alkanes of at least 4 members (excludes halogenated alkanes) is 4. The molecule has 0 bridgehead atoms. The van der Waals surface area contributed by atoms with E-state index in [1.54, 1.807) is 0 Å². The van der Waals surface area contributed by atoms with E-state index in [1.807, 2.05) is 0 Å². The molecule has 100 valence electrons. The summed E-state index contributed by atoms with van der Waals surface area (Å²) in [6.45, 7) is 5.24. The van der Waals surface area contributed by atoms with E-state index in [-0.39, 0.29) is 6.42 Å². The summed E-state index contributed by atoms with van der Waals surface area (Å²) >= 11 is 0. The van der Waals surface area contributed by atoms with Crippen molar-refractivity contribution in [2.75, 3.05) is 0 Å². The van der Waals surface area contributed by atoms with E-state index in [2.05, 4.69) is 18.2 Å². The van der Waals surface area contributed by atoms with E-state index in [9.17, 15) is 13.2 Å². The average molecular weight is 264 g/mol. The van der Waals surface area contributed by atoms with Gasteiger partial charge in [-0.25, -0.2) is 4.79 Å². The molecule has 0 saturated carbocycles. The zero-order chi connectivity index (χ0) is 13.3. The Morgan fingerprint density at radius 3 is 2.41 bits per heavy atom. The summed E-state index contributed by atoms with van der Waals surface area (Å²) in [7, 11) is -4.35. The molecule has 0 spiro atoms. The third-order valence-corrected chi connectivity index (χ3v) is 3.29. The number of esters is 1. The summed E-state index contributed by atoms with van der Waals surface area (Å²) < 4.78 is 35.4. The van der Waals surface area contributed by atoms with Crippen LogP contribution in [0.2, 0.25) is 0 Å². The summed E-state index contributed by atoms with van der Waals surface area (Å²) in [4.78, 5) is 10.9. The third kappa shape index (κ3) is 7.93. The molecule has 0 fully saturated rings. The zero-order valence-electron chi connectivity index (χ0n) is 10.1. The van der Waals surface area contributed by atoms with Gasteiger partial charge in [-0.2, -0.15) is 8.42 Å². The molecule has 0 aromatic rings. The molecule has 6 heteroatoms. The van der Waals surface area contributed by atoms with Gasteiger partial charge >= 0.3 is 16.1 Å². The number of hydrogen-bond donors (Lipinski definition) is 1. The minimum absolute atomic E-state index is 0.113. The first-order chi connectivity index (χ1) is 7.91. The maximum absolute atomic E-state index is 10.9. The summed E-state index contributed by atoms with van der Waals surface area (Å²) in [5, 5.41) is 0. The van der Waals surface area contributed by atoms with Crippen molar-refractivity contribution in [1.82, 2.24) is 0 Å². The number of carbonyl (C=O) groups is 1. The van der Waals surface area contributed by atoms with Crippen LogP contribution in [0, 0.1) is 0 Å². The fourth-order valence-electron chi connectivity index (χ4n) is 1.36. The molecule has 0 aromatic carbocycles. The average Bonchev–Trinajstić information content (AvgIpc) is 2.25. The molecule has 0 rings (SSSR count). The number of ether oxygens (including phenoxy) is 1. The molecule has 0 aliphatic carbocycles. The van der Waals surface area contributed by atoms with Gasteiger partial charge in [-0.1, -0.05) is 39.2 Å². The van der Waals surface area contributed by atoms with Crippen LogP contribution in [0.5, 0.6) is 0 Å². The number of rotatable bonds is 9. The van der Waals surface area contributed by atoms with Gasteiger partial charge in [0.25, 0.3) is 0 Å². The predicted molar refractivity (Wildman–Crippen MR) is 65.0 cm³/mol. The highest BCUT2D eigenvalue weighted by atomic mass is 32.2. The highest BCUT2D eigenvalue weighted by Crippen LogP contribution is 2.13. The van der Waals surface area contributed by atoms with E-state index >= 15 is 0 Å². The van der Waals surface area contributed by atoms with Crippen LogP contribution in [0.4, 0.5) is 0 Å². The first kappa shape index (κ1) is 16.1. The van der Waals surface area contributed by atoms with Gasteiger partial charge in [-0.3, -0.25) is 4.55 Å². The van der Waals surface area contributed by atoms with Gasteiger partial charge in [0.15, 0.2) is 0 Å². The lowest BCUT2D eigenvalue weighted by Gasteiger charge is -2.13. The highest BCUT2D eigenvalue weighted by Gasteiger charge is 2.25. The summed E-state index contributed by atoms with van der Waals surface area (Å²) in [6, 6.07) is 0. The van der Waals surface area contributed by atoms with Crippen LogP contribution in [0.3, 0.4) is 0 Å². The fourth-order valence-corrected chi connectivity index (χ4v) is 2.04. The molecule has 0 aromatic heterocycles.